The highest BCUT2D eigenvalue weighted by Gasteiger charge is 2.24. The quantitative estimate of drug-likeness (QED) is 0.295. The highest BCUT2D eigenvalue weighted by atomic mass is 16.2. The average Bonchev–Trinajstić information content (AvgIpc) is 3.59. The molecule has 0 spiro atoms. The van der Waals surface area contributed by atoms with Gasteiger partial charge in [-0.1, -0.05) is 36.4 Å². The van der Waals surface area contributed by atoms with Crippen LogP contribution in [0.3, 0.4) is 0 Å². The van der Waals surface area contributed by atoms with Gasteiger partial charge >= 0.3 is 0 Å². The molecule has 5 aromatic rings. The molecule has 2 aromatic carbocycles. The summed E-state index contributed by atoms with van der Waals surface area (Å²) in [5.74, 6) is 0.810. The summed E-state index contributed by atoms with van der Waals surface area (Å²) in [7, 11) is 0. The summed E-state index contributed by atoms with van der Waals surface area (Å²) >= 11 is 0. The minimum atomic E-state index is -0.189. The molecule has 1 fully saturated rings. The number of nitriles is 1. The lowest BCUT2D eigenvalue weighted by Crippen LogP contribution is -2.35. The van der Waals surface area contributed by atoms with E-state index in [9.17, 15) is 10.1 Å². The SMILES string of the molecule is N#Cc1cccc(-c2nc(N)c3nc(Cc4ccccc4CNC4CCNC4=O)nn3c2-c2ccncn2)c1. The van der Waals surface area contributed by atoms with Crippen LogP contribution < -0.4 is 16.4 Å². The Labute approximate surface area is 223 Å². The van der Waals surface area contributed by atoms with Gasteiger partial charge in [0.1, 0.15) is 17.7 Å². The molecule has 1 aliphatic rings. The van der Waals surface area contributed by atoms with Crippen LogP contribution in [-0.2, 0) is 17.8 Å². The van der Waals surface area contributed by atoms with Crippen molar-refractivity contribution in [1.29, 1.82) is 5.26 Å². The standard InChI is InChI=1S/C28H24N10O/c29-14-17-4-3-7-19(12-17)24-25(21-8-10-31-16-34-21)38-27(26(30)36-24)35-23(37-38)13-18-5-1-2-6-20(18)15-33-22-9-11-32-28(22)39/h1-8,10,12,16,22,33H,9,11,13,15H2,(H2,30,36)(H,32,39). The molecule has 1 unspecified atom stereocenters. The van der Waals surface area contributed by atoms with Crippen LogP contribution in [0.15, 0.2) is 67.1 Å². The first-order valence-electron chi connectivity index (χ1n) is 12.5. The lowest BCUT2D eigenvalue weighted by Gasteiger charge is -2.12. The van der Waals surface area contributed by atoms with Gasteiger partial charge in [-0.3, -0.25) is 4.79 Å². The largest absolute Gasteiger partial charge is 0.381 e. The molecule has 0 saturated carbocycles. The lowest BCUT2D eigenvalue weighted by atomic mass is 10.0. The lowest BCUT2D eigenvalue weighted by molar-refractivity contribution is -0.120. The van der Waals surface area contributed by atoms with E-state index in [1.807, 2.05) is 30.3 Å². The van der Waals surface area contributed by atoms with Crippen molar-refractivity contribution in [3.8, 4) is 28.7 Å². The smallest absolute Gasteiger partial charge is 0.237 e. The Morgan fingerprint density at radius 3 is 2.77 bits per heavy atom. The van der Waals surface area contributed by atoms with E-state index in [0.717, 1.165) is 17.5 Å². The number of rotatable bonds is 7. The van der Waals surface area contributed by atoms with Crippen LogP contribution in [0.2, 0.25) is 0 Å². The molecule has 0 aliphatic carbocycles. The second-order valence-corrected chi connectivity index (χ2v) is 9.20. The maximum atomic E-state index is 12.0. The Kier molecular flexibility index (Phi) is 6.36. The van der Waals surface area contributed by atoms with E-state index >= 15 is 0 Å². The van der Waals surface area contributed by atoms with Crippen molar-refractivity contribution < 1.29 is 4.79 Å². The Balaban J connectivity index is 1.41. The number of fused-ring (bicyclic) bond motifs is 1. The molecule has 1 aliphatic heterocycles. The number of nitrogen functional groups attached to an aromatic ring is 1. The first-order valence-corrected chi connectivity index (χ1v) is 12.5. The molecule has 0 radical (unpaired) electrons. The summed E-state index contributed by atoms with van der Waals surface area (Å²) in [6.45, 7) is 1.24. The van der Waals surface area contributed by atoms with Gasteiger partial charge in [0.2, 0.25) is 5.91 Å². The van der Waals surface area contributed by atoms with Crippen molar-refractivity contribution in [1.82, 2.24) is 40.2 Å². The Morgan fingerprint density at radius 1 is 1.13 bits per heavy atom. The second-order valence-electron chi connectivity index (χ2n) is 9.20. The third-order valence-corrected chi connectivity index (χ3v) is 6.69. The van der Waals surface area contributed by atoms with Crippen molar-refractivity contribution >= 4 is 17.4 Å². The second kappa shape index (κ2) is 10.3. The molecule has 3 aromatic heterocycles. The van der Waals surface area contributed by atoms with Gasteiger partial charge in [0, 0.05) is 31.3 Å². The van der Waals surface area contributed by atoms with Crippen LogP contribution in [0.25, 0.3) is 28.3 Å². The molecule has 11 heteroatoms. The topological polar surface area (TPSA) is 160 Å². The van der Waals surface area contributed by atoms with Crippen LogP contribution >= 0.6 is 0 Å². The third-order valence-electron chi connectivity index (χ3n) is 6.69. The number of carbonyl (C=O) groups excluding carboxylic acids is 1. The van der Waals surface area contributed by atoms with Crippen LogP contribution in [0.4, 0.5) is 5.82 Å². The van der Waals surface area contributed by atoms with E-state index in [1.165, 1.54) is 6.33 Å². The molecular weight excluding hydrogens is 492 g/mol. The number of carbonyl (C=O) groups is 1. The van der Waals surface area contributed by atoms with Crippen molar-refractivity contribution in [3.63, 3.8) is 0 Å². The zero-order valence-corrected chi connectivity index (χ0v) is 20.9. The van der Waals surface area contributed by atoms with E-state index in [1.54, 1.807) is 35.0 Å². The molecule has 6 rings (SSSR count). The van der Waals surface area contributed by atoms with Crippen molar-refractivity contribution in [2.45, 2.75) is 25.4 Å². The fourth-order valence-corrected chi connectivity index (χ4v) is 4.77. The maximum Gasteiger partial charge on any atom is 0.237 e. The summed E-state index contributed by atoms with van der Waals surface area (Å²) in [6.07, 6.45) is 4.33. The van der Waals surface area contributed by atoms with Crippen LogP contribution in [0, 0.1) is 11.3 Å². The third kappa shape index (κ3) is 4.76. The van der Waals surface area contributed by atoms with Crippen molar-refractivity contribution in [2.75, 3.05) is 12.3 Å². The minimum Gasteiger partial charge on any atom is -0.381 e. The Morgan fingerprint density at radius 2 is 2.00 bits per heavy atom. The predicted octanol–water partition coefficient (Wildman–Crippen LogP) is 2.27. The molecule has 1 atom stereocenters. The summed E-state index contributed by atoms with van der Waals surface area (Å²) < 4.78 is 1.66. The van der Waals surface area contributed by atoms with Crippen LogP contribution in [-0.4, -0.2) is 48.0 Å². The number of anilines is 1. The van der Waals surface area contributed by atoms with E-state index < -0.39 is 0 Å². The van der Waals surface area contributed by atoms with Crippen molar-refractivity contribution in [2.24, 2.45) is 0 Å². The Bertz CT molecular complexity index is 1720. The number of benzene rings is 2. The predicted molar refractivity (Wildman–Crippen MR) is 144 cm³/mol. The number of hydrogen-bond acceptors (Lipinski definition) is 9. The van der Waals surface area contributed by atoms with Gasteiger partial charge in [-0.05, 0) is 35.7 Å². The van der Waals surface area contributed by atoms with Gasteiger partial charge in [-0.25, -0.2) is 24.5 Å². The number of aromatic nitrogens is 6. The molecular formula is C28H24N10O. The molecule has 1 saturated heterocycles. The molecule has 11 nitrogen and oxygen atoms in total. The van der Waals surface area contributed by atoms with E-state index in [-0.39, 0.29) is 17.8 Å². The highest BCUT2D eigenvalue weighted by Crippen LogP contribution is 2.32. The summed E-state index contributed by atoms with van der Waals surface area (Å²) in [4.78, 5) is 29.9. The number of nitrogens with one attached hydrogen (secondary N) is 2. The monoisotopic (exact) mass is 516 g/mol. The van der Waals surface area contributed by atoms with Crippen LogP contribution in [0.1, 0.15) is 28.9 Å². The number of amides is 1. The molecule has 4 N–H and O–H groups in total. The van der Waals surface area contributed by atoms with Gasteiger partial charge < -0.3 is 16.4 Å². The highest BCUT2D eigenvalue weighted by molar-refractivity contribution is 5.84. The normalized spacial score (nSPS) is 14.8. The summed E-state index contributed by atoms with van der Waals surface area (Å²) in [5.41, 5.74) is 11.8. The zero-order valence-electron chi connectivity index (χ0n) is 20.9. The Hall–Kier alpha value is -5.21. The fraction of sp³-hybridized carbons (Fsp3) is 0.179. The summed E-state index contributed by atoms with van der Waals surface area (Å²) in [6, 6.07) is 18.9. The minimum absolute atomic E-state index is 0.0332. The summed E-state index contributed by atoms with van der Waals surface area (Å²) in [5, 5.41) is 20.5. The van der Waals surface area contributed by atoms with Gasteiger partial charge in [0.05, 0.1) is 23.4 Å². The van der Waals surface area contributed by atoms with Gasteiger partial charge in [-0.15, -0.1) is 0 Å². The molecule has 4 heterocycles. The van der Waals surface area contributed by atoms with Gasteiger partial charge in [-0.2, -0.15) is 10.4 Å². The molecule has 0 bridgehead atoms. The fourth-order valence-electron chi connectivity index (χ4n) is 4.77. The zero-order chi connectivity index (χ0) is 26.8. The van der Waals surface area contributed by atoms with Crippen LogP contribution in [0.5, 0.6) is 0 Å². The van der Waals surface area contributed by atoms with Gasteiger partial charge in [0.15, 0.2) is 17.3 Å². The first kappa shape index (κ1) is 24.1. The number of hydrogen-bond donors (Lipinski definition) is 3. The van der Waals surface area contributed by atoms with E-state index in [4.69, 9.17) is 15.8 Å². The maximum absolute atomic E-state index is 12.0. The first-order chi connectivity index (χ1) is 19.1. The average molecular weight is 517 g/mol. The molecule has 1 amide bonds. The van der Waals surface area contributed by atoms with E-state index in [2.05, 4.69) is 31.7 Å². The number of nitrogens with zero attached hydrogens (tertiary/aromatic N) is 7. The molecule has 39 heavy (non-hydrogen) atoms. The van der Waals surface area contributed by atoms with Crippen molar-refractivity contribution in [3.05, 3.63) is 89.6 Å². The van der Waals surface area contributed by atoms with Gasteiger partial charge in [0.25, 0.3) is 0 Å². The number of nitrogens with two attached hydrogens (primary N) is 1. The van der Waals surface area contributed by atoms with E-state index in [0.29, 0.717) is 59.2 Å². The molecule has 192 valence electrons.